The summed E-state index contributed by atoms with van der Waals surface area (Å²) in [7, 11) is 4.11. The summed E-state index contributed by atoms with van der Waals surface area (Å²) in [5.74, 6) is 0. The highest BCUT2D eigenvalue weighted by Crippen LogP contribution is 2.19. The van der Waals surface area contributed by atoms with Gasteiger partial charge in [0.2, 0.25) is 0 Å². The van der Waals surface area contributed by atoms with E-state index >= 15 is 0 Å². The van der Waals surface area contributed by atoms with Gasteiger partial charge in [0.15, 0.2) is 0 Å². The Balaban J connectivity index is 3.11. The van der Waals surface area contributed by atoms with Crippen molar-refractivity contribution in [3.63, 3.8) is 0 Å². The largest absolute Gasteiger partial charge is 0.377 e. The van der Waals surface area contributed by atoms with Crippen molar-refractivity contribution in [2.24, 2.45) is 4.99 Å². The van der Waals surface area contributed by atoms with Gasteiger partial charge in [0.1, 0.15) is 0 Å². The monoisotopic (exact) mass is 218 g/mol. The minimum absolute atomic E-state index is 0.0205. The van der Waals surface area contributed by atoms with Crippen molar-refractivity contribution in [2.45, 2.75) is 33.2 Å². The van der Waals surface area contributed by atoms with Crippen LogP contribution in [0.3, 0.4) is 0 Å². The third-order valence-electron chi connectivity index (χ3n) is 2.26. The van der Waals surface area contributed by atoms with Crippen molar-refractivity contribution >= 4 is 11.9 Å². The molecule has 0 aliphatic carbocycles. The summed E-state index contributed by atoms with van der Waals surface area (Å²) >= 11 is 0. The quantitative estimate of drug-likeness (QED) is 0.696. The Bertz CT molecular complexity index is 384. The van der Waals surface area contributed by atoms with Crippen LogP contribution in [0.15, 0.2) is 23.2 Å². The Morgan fingerprint density at radius 1 is 1.19 bits per heavy atom. The summed E-state index contributed by atoms with van der Waals surface area (Å²) in [5, 5.41) is 0. The van der Waals surface area contributed by atoms with E-state index in [0.717, 1.165) is 0 Å². The molecule has 0 N–H and O–H groups in total. The molecule has 88 valence electrons. The van der Waals surface area contributed by atoms with Gasteiger partial charge in [-0.15, -0.1) is 0 Å². The van der Waals surface area contributed by atoms with Crippen molar-refractivity contribution in [3.05, 3.63) is 29.3 Å². The standard InChI is InChI=1S/C14H22N2/c1-11-7-8-13(16(5)6)12(9-11)10-15-14(2,3)4/h7-10H,1-6H3. The molecule has 0 amide bonds. The van der Waals surface area contributed by atoms with E-state index in [1.807, 2.05) is 6.21 Å². The van der Waals surface area contributed by atoms with E-state index in [0.29, 0.717) is 0 Å². The van der Waals surface area contributed by atoms with Crippen LogP contribution in [0, 0.1) is 6.92 Å². The van der Waals surface area contributed by atoms with Crippen LogP contribution < -0.4 is 4.90 Å². The lowest BCUT2D eigenvalue weighted by Gasteiger charge is -2.17. The Morgan fingerprint density at radius 2 is 1.81 bits per heavy atom. The van der Waals surface area contributed by atoms with Crippen LogP contribution in [0.2, 0.25) is 0 Å². The minimum atomic E-state index is -0.0205. The molecule has 1 aromatic rings. The Kier molecular flexibility index (Phi) is 3.74. The van der Waals surface area contributed by atoms with Crippen LogP contribution >= 0.6 is 0 Å². The van der Waals surface area contributed by atoms with Crippen LogP contribution in [0.25, 0.3) is 0 Å². The molecular weight excluding hydrogens is 196 g/mol. The van der Waals surface area contributed by atoms with Gasteiger partial charge in [-0.3, -0.25) is 4.99 Å². The molecule has 0 aromatic heterocycles. The molecule has 2 nitrogen and oxygen atoms in total. The van der Waals surface area contributed by atoms with Crippen LogP contribution in [0.1, 0.15) is 31.9 Å². The molecule has 1 aromatic carbocycles. The third-order valence-corrected chi connectivity index (χ3v) is 2.26. The van der Waals surface area contributed by atoms with Crippen LogP contribution in [-0.2, 0) is 0 Å². The first-order valence-electron chi connectivity index (χ1n) is 5.63. The van der Waals surface area contributed by atoms with Gasteiger partial charge < -0.3 is 4.90 Å². The molecule has 0 bridgehead atoms. The summed E-state index contributed by atoms with van der Waals surface area (Å²) in [5.41, 5.74) is 3.63. The predicted octanol–water partition coefficient (Wildman–Crippen LogP) is 3.28. The maximum absolute atomic E-state index is 4.56. The number of aliphatic imine (C=N–C) groups is 1. The van der Waals surface area contributed by atoms with Crippen LogP contribution in [-0.4, -0.2) is 25.8 Å². The molecule has 0 saturated carbocycles. The van der Waals surface area contributed by atoms with Crippen LogP contribution in [0.5, 0.6) is 0 Å². The third kappa shape index (κ3) is 3.69. The normalized spacial score (nSPS) is 12.1. The van der Waals surface area contributed by atoms with Crippen molar-refractivity contribution in [1.29, 1.82) is 0 Å². The van der Waals surface area contributed by atoms with E-state index < -0.39 is 0 Å². The molecule has 2 heteroatoms. The maximum Gasteiger partial charge on any atom is 0.0524 e. The first-order chi connectivity index (χ1) is 7.29. The molecule has 0 aliphatic rings. The summed E-state index contributed by atoms with van der Waals surface area (Å²) in [4.78, 5) is 6.67. The Hall–Kier alpha value is -1.31. The second kappa shape index (κ2) is 4.69. The van der Waals surface area contributed by atoms with Gasteiger partial charge in [-0.2, -0.15) is 0 Å². The van der Waals surface area contributed by atoms with E-state index in [9.17, 15) is 0 Å². The molecule has 0 spiro atoms. The molecule has 0 saturated heterocycles. The topological polar surface area (TPSA) is 15.6 Å². The summed E-state index contributed by atoms with van der Waals surface area (Å²) in [6.45, 7) is 8.42. The first-order valence-corrected chi connectivity index (χ1v) is 5.63. The van der Waals surface area contributed by atoms with Gasteiger partial charge in [-0.25, -0.2) is 0 Å². The van der Waals surface area contributed by atoms with E-state index in [2.05, 4.69) is 69.9 Å². The number of benzene rings is 1. The van der Waals surface area contributed by atoms with Crippen molar-refractivity contribution < 1.29 is 0 Å². The van der Waals surface area contributed by atoms with Gasteiger partial charge in [0.25, 0.3) is 0 Å². The fourth-order valence-electron chi connectivity index (χ4n) is 1.45. The van der Waals surface area contributed by atoms with Gasteiger partial charge in [-0.1, -0.05) is 11.6 Å². The molecule has 0 atom stereocenters. The summed E-state index contributed by atoms with van der Waals surface area (Å²) < 4.78 is 0. The Labute approximate surface area is 99.0 Å². The predicted molar refractivity (Wildman–Crippen MR) is 72.9 cm³/mol. The number of anilines is 1. The number of nitrogens with zero attached hydrogens (tertiary/aromatic N) is 2. The number of hydrogen-bond acceptors (Lipinski definition) is 2. The highest BCUT2D eigenvalue weighted by atomic mass is 15.1. The average molecular weight is 218 g/mol. The molecule has 1 rings (SSSR count). The SMILES string of the molecule is Cc1ccc(N(C)C)c(C=NC(C)(C)C)c1. The average Bonchev–Trinajstić information content (AvgIpc) is 2.13. The molecule has 0 radical (unpaired) electrons. The Morgan fingerprint density at radius 3 is 2.31 bits per heavy atom. The van der Waals surface area contributed by atoms with Gasteiger partial charge in [0, 0.05) is 31.6 Å². The lowest BCUT2D eigenvalue weighted by molar-refractivity contribution is 0.586. The fourth-order valence-corrected chi connectivity index (χ4v) is 1.45. The van der Waals surface area contributed by atoms with E-state index in [1.165, 1.54) is 16.8 Å². The highest BCUT2D eigenvalue weighted by Gasteiger charge is 2.07. The molecule has 0 heterocycles. The van der Waals surface area contributed by atoms with Crippen molar-refractivity contribution in [2.75, 3.05) is 19.0 Å². The lowest BCUT2D eigenvalue weighted by atomic mass is 10.1. The zero-order valence-corrected chi connectivity index (χ0v) is 11.2. The van der Waals surface area contributed by atoms with E-state index in [4.69, 9.17) is 0 Å². The fraction of sp³-hybridized carbons (Fsp3) is 0.500. The molecule has 0 fully saturated rings. The van der Waals surface area contributed by atoms with Gasteiger partial charge >= 0.3 is 0 Å². The van der Waals surface area contributed by atoms with Crippen molar-refractivity contribution in [1.82, 2.24) is 0 Å². The van der Waals surface area contributed by atoms with Crippen molar-refractivity contribution in [3.8, 4) is 0 Å². The number of rotatable bonds is 2. The number of aryl methyl sites for hydroxylation is 1. The smallest absolute Gasteiger partial charge is 0.0524 e. The summed E-state index contributed by atoms with van der Waals surface area (Å²) in [6.07, 6.45) is 1.97. The molecule has 0 unspecified atom stereocenters. The van der Waals surface area contributed by atoms with Gasteiger partial charge in [-0.05, 0) is 39.8 Å². The van der Waals surface area contributed by atoms with Crippen LogP contribution in [0.4, 0.5) is 5.69 Å². The second-order valence-corrected chi connectivity index (χ2v) is 5.39. The summed E-state index contributed by atoms with van der Waals surface area (Å²) in [6, 6.07) is 6.44. The molecular formula is C14H22N2. The zero-order chi connectivity index (χ0) is 12.3. The molecule has 16 heavy (non-hydrogen) atoms. The second-order valence-electron chi connectivity index (χ2n) is 5.39. The maximum atomic E-state index is 4.56. The van der Waals surface area contributed by atoms with E-state index in [-0.39, 0.29) is 5.54 Å². The lowest BCUT2D eigenvalue weighted by Crippen LogP contribution is -2.13. The first kappa shape index (κ1) is 12.8. The highest BCUT2D eigenvalue weighted by molar-refractivity contribution is 5.88. The number of hydrogen-bond donors (Lipinski definition) is 0. The molecule has 0 aliphatic heterocycles. The van der Waals surface area contributed by atoms with Gasteiger partial charge in [0.05, 0.1) is 5.54 Å². The zero-order valence-electron chi connectivity index (χ0n) is 11.2. The minimum Gasteiger partial charge on any atom is -0.377 e. The van der Waals surface area contributed by atoms with E-state index in [1.54, 1.807) is 0 Å².